The predicted molar refractivity (Wildman–Crippen MR) is 99.6 cm³/mol. The molecule has 1 unspecified atom stereocenters. The average molecular weight is 337 g/mol. The second-order valence-electron chi connectivity index (χ2n) is 7.42. The highest BCUT2D eigenvalue weighted by atomic mass is 19.1. The van der Waals surface area contributed by atoms with Gasteiger partial charge >= 0.3 is 0 Å². The van der Waals surface area contributed by atoms with Crippen molar-refractivity contribution in [2.45, 2.75) is 57.9 Å². The molecule has 2 heterocycles. The fourth-order valence-electron chi connectivity index (χ4n) is 5.18. The van der Waals surface area contributed by atoms with Gasteiger partial charge in [-0.15, -0.1) is 9.36 Å². The van der Waals surface area contributed by atoms with Crippen molar-refractivity contribution in [2.24, 2.45) is 0 Å². The number of rotatable bonds is 3. The van der Waals surface area contributed by atoms with E-state index in [1.54, 1.807) is 12.1 Å². The lowest BCUT2D eigenvalue weighted by molar-refractivity contribution is -0.835. The second-order valence-corrected chi connectivity index (χ2v) is 7.42. The Morgan fingerprint density at radius 1 is 1.00 bits per heavy atom. The molecular formula is C22H26FN2+. The van der Waals surface area contributed by atoms with Crippen LogP contribution in [-0.2, 0) is 11.0 Å². The lowest BCUT2D eigenvalue weighted by atomic mass is 9.60. The van der Waals surface area contributed by atoms with Crippen molar-refractivity contribution >= 4 is 10.9 Å². The first-order valence-corrected chi connectivity index (χ1v) is 9.35. The number of benzene rings is 2. The summed E-state index contributed by atoms with van der Waals surface area (Å²) in [6, 6.07) is 13.8. The van der Waals surface area contributed by atoms with Crippen molar-refractivity contribution < 1.29 is 9.07 Å². The first-order valence-electron chi connectivity index (χ1n) is 9.35. The SMILES string of the molecule is CCC1(CC)c2cc(F)ccc2-n2c3ccccc3c[n+]2C1(C)CC. The topological polar surface area (TPSA) is 8.81 Å². The Morgan fingerprint density at radius 2 is 1.72 bits per heavy atom. The molecule has 25 heavy (non-hydrogen) atoms. The molecule has 0 saturated carbocycles. The summed E-state index contributed by atoms with van der Waals surface area (Å²) in [7, 11) is 0. The van der Waals surface area contributed by atoms with Crippen LogP contribution < -0.4 is 4.68 Å². The van der Waals surface area contributed by atoms with E-state index < -0.39 is 0 Å². The van der Waals surface area contributed by atoms with Gasteiger partial charge in [-0.25, -0.2) is 4.39 Å². The number of fused-ring (bicyclic) bond motifs is 5. The highest BCUT2D eigenvalue weighted by molar-refractivity contribution is 5.79. The van der Waals surface area contributed by atoms with Crippen LogP contribution in [0.2, 0.25) is 0 Å². The van der Waals surface area contributed by atoms with Crippen LogP contribution in [0.1, 0.15) is 52.5 Å². The van der Waals surface area contributed by atoms with Gasteiger partial charge in [0.2, 0.25) is 6.20 Å². The van der Waals surface area contributed by atoms with Gasteiger partial charge in [0.05, 0.1) is 10.8 Å². The maximum Gasteiger partial charge on any atom is 0.204 e. The summed E-state index contributed by atoms with van der Waals surface area (Å²) in [5, 5.41) is 1.22. The molecule has 130 valence electrons. The zero-order valence-corrected chi connectivity index (χ0v) is 15.5. The van der Waals surface area contributed by atoms with E-state index in [0.717, 1.165) is 30.5 Å². The van der Waals surface area contributed by atoms with E-state index >= 15 is 0 Å². The summed E-state index contributed by atoms with van der Waals surface area (Å²) in [5.41, 5.74) is 3.22. The molecule has 1 atom stereocenters. The van der Waals surface area contributed by atoms with E-state index in [9.17, 15) is 4.39 Å². The van der Waals surface area contributed by atoms with Gasteiger partial charge in [0.25, 0.3) is 0 Å². The van der Waals surface area contributed by atoms with E-state index in [4.69, 9.17) is 0 Å². The van der Waals surface area contributed by atoms with Crippen LogP contribution in [0.15, 0.2) is 48.7 Å². The number of para-hydroxylation sites is 1. The predicted octanol–water partition coefficient (Wildman–Crippen LogP) is 5.25. The fraction of sp³-hybridized carbons (Fsp3) is 0.409. The Labute approximate surface area is 148 Å². The first-order chi connectivity index (χ1) is 12.0. The minimum atomic E-state index is -0.145. The molecule has 3 aromatic rings. The van der Waals surface area contributed by atoms with Crippen LogP contribution in [0.5, 0.6) is 0 Å². The number of aromatic nitrogens is 2. The molecule has 4 rings (SSSR count). The van der Waals surface area contributed by atoms with Crippen LogP contribution in [0.3, 0.4) is 0 Å². The van der Waals surface area contributed by atoms with Crippen LogP contribution in [0, 0.1) is 5.82 Å². The average Bonchev–Trinajstić information content (AvgIpc) is 3.03. The summed E-state index contributed by atoms with van der Waals surface area (Å²) in [5.74, 6) is -0.145. The van der Waals surface area contributed by atoms with Crippen LogP contribution >= 0.6 is 0 Å². The summed E-state index contributed by atoms with van der Waals surface area (Å²) in [6.45, 7) is 9.07. The Bertz CT molecular complexity index is 952. The minimum absolute atomic E-state index is 0.0891. The zero-order valence-electron chi connectivity index (χ0n) is 15.5. The van der Waals surface area contributed by atoms with Crippen molar-refractivity contribution in [1.29, 1.82) is 0 Å². The van der Waals surface area contributed by atoms with Crippen LogP contribution in [-0.4, -0.2) is 4.68 Å². The summed E-state index contributed by atoms with van der Waals surface area (Å²) >= 11 is 0. The Balaban J connectivity index is 2.21. The van der Waals surface area contributed by atoms with E-state index in [1.165, 1.54) is 10.9 Å². The molecule has 0 aliphatic carbocycles. The van der Waals surface area contributed by atoms with Gasteiger partial charge in [0.1, 0.15) is 17.0 Å². The molecule has 0 fully saturated rings. The van der Waals surface area contributed by atoms with Gasteiger partial charge in [-0.3, -0.25) is 0 Å². The van der Waals surface area contributed by atoms with Gasteiger partial charge < -0.3 is 0 Å². The van der Waals surface area contributed by atoms with E-state index in [-0.39, 0.29) is 16.8 Å². The molecule has 2 nitrogen and oxygen atoms in total. The van der Waals surface area contributed by atoms with Crippen molar-refractivity contribution in [2.75, 3.05) is 0 Å². The second kappa shape index (κ2) is 5.42. The molecule has 0 bridgehead atoms. The number of nitrogens with zero attached hydrogens (tertiary/aromatic N) is 2. The maximum atomic E-state index is 14.3. The van der Waals surface area contributed by atoms with Crippen molar-refractivity contribution in [3.63, 3.8) is 0 Å². The quantitative estimate of drug-likeness (QED) is 0.577. The molecule has 0 radical (unpaired) electrons. The maximum absolute atomic E-state index is 14.3. The van der Waals surface area contributed by atoms with Crippen molar-refractivity contribution in [3.05, 3.63) is 60.0 Å². The molecule has 1 aliphatic heterocycles. The monoisotopic (exact) mass is 337 g/mol. The smallest absolute Gasteiger partial charge is 0.204 e. The first kappa shape index (κ1) is 16.3. The molecule has 0 amide bonds. The lowest BCUT2D eigenvalue weighted by Gasteiger charge is -2.47. The Kier molecular flexibility index (Phi) is 3.54. The molecule has 0 spiro atoms. The molecule has 0 N–H and O–H groups in total. The summed E-state index contributed by atoms with van der Waals surface area (Å²) in [6.07, 6.45) is 5.23. The van der Waals surface area contributed by atoms with Gasteiger partial charge in [-0.1, -0.05) is 32.9 Å². The molecule has 1 aliphatic rings. The molecule has 2 aromatic carbocycles. The zero-order chi connectivity index (χ0) is 17.8. The number of hydrogen-bond donors (Lipinski definition) is 0. The normalized spacial score (nSPS) is 21.2. The van der Waals surface area contributed by atoms with Gasteiger partial charge in [0, 0.05) is 13.3 Å². The largest absolute Gasteiger partial charge is 0.207 e. The number of hydrogen-bond acceptors (Lipinski definition) is 0. The third kappa shape index (κ3) is 1.87. The van der Waals surface area contributed by atoms with E-state index in [1.807, 2.05) is 6.07 Å². The molecule has 1 aromatic heterocycles. The van der Waals surface area contributed by atoms with Gasteiger partial charge in [-0.05, 0) is 48.7 Å². The van der Waals surface area contributed by atoms with Crippen LogP contribution in [0.4, 0.5) is 4.39 Å². The van der Waals surface area contributed by atoms with Crippen molar-refractivity contribution in [3.8, 4) is 5.69 Å². The molecule has 0 saturated heterocycles. The van der Waals surface area contributed by atoms with E-state index in [0.29, 0.717) is 0 Å². The highest BCUT2D eigenvalue weighted by Gasteiger charge is 2.59. The lowest BCUT2D eigenvalue weighted by Crippen LogP contribution is -2.71. The molecule has 3 heteroatoms. The Morgan fingerprint density at radius 3 is 2.40 bits per heavy atom. The number of halogens is 1. The third-order valence-electron chi connectivity index (χ3n) is 6.78. The summed E-state index contributed by atoms with van der Waals surface area (Å²) < 4.78 is 19.0. The minimum Gasteiger partial charge on any atom is -0.207 e. The van der Waals surface area contributed by atoms with Crippen molar-refractivity contribution in [1.82, 2.24) is 4.68 Å². The molecular weight excluding hydrogens is 311 g/mol. The highest BCUT2D eigenvalue weighted by Crippen LogP contribution is 2.50. The third-order valence-corrected chi connectivity index (χ3v) is 6.78. The van der Waals surface area contributed by atoms with Crippen LogP contribution in [0.25, 0.3) is 16.6 Å². The van der Waals surface area contributed by atoms with Gasteiger partial charge in [0.15, 0.2) is 5.54 Å². The fourth-order valence-corrected chi connectivity index (χ4v) is 5.18. The van der Waals surface area contributed by atoms with E-state index in [2.05, 4.69) is 67.5 Å². The Hall–Kier alpha value is -2.16. The standard InChI is InChI=1S/C22H26FN2/c1-5-21(4)22(6-2,7-3)18-14-17(23)12-13-20(18)25-19-11-9-8-10-16(19)15-24(21)25/h8-15H,5-7H2,1-4H3/q+1. The summed E-state index contributed by atoms with van der Waals surface area (Å²) in [4.78, 5) is 0. The van der Waals surface area contributed by atoms with Gasteiger partial charge in [-0.2, -0.15) is 0 Å².